The molecule has 0 radical (unpaired) electrons. The Bertz CT molecular complexity index is 124. The van der Waals surface area contributed by atoms with Gasteiger partial charge in [0.1, 0.15) is 6.10 Å². The van der Waals surface area contributed by atoms with Crippen LogP contribution in [0.5, 0.6) is 0 Å². The lowest BCUT2D eigenvalue weighted by molar-refractivity contribution is -0.128. The molecule has 0 aromatic heterocycles. The predicted molar refractivity (Wildman–Crippen MR) is 37.6 cm³/mol. The van der Waals surface area contributed by atoms with Gasteiger partial charge < -0.3 is 5.11 Å². The topological polar surface area (TPSA) is 37.3 Å². The van der Waals surface area contributed by atoms with E-state index in [0.29, 0.717) is 6.42 Å². The van der Waals surface area contributed by atoms with Gasteiger partial charge >= 0.3 is 0 Å². The minimum absolute atomic E-state index is 0.00116. The highest BCUT2D eigenvalue weighted by Crippen LogP contribution is 2.21. The van der Waals surface area contributed by atoms with Gasteiger partial charge in [0.05, 0.1) is 0 Å². The lowest BCUT2D eigenvalue weighted by atomic mass is 9.97. The van der Waals surface area contributed by atoms with E-state index < -0.39 is 6.10 Å². The van der Waals surface area contributed by atoms with Crippen molar-refractivity contribution in [3.05, 3.63) is 0 Å². The molecular formula is C6H9BrO2. The van der Waals surface area contributed by atoms with E-state index in [9.17, 15) is 4.79 Å². The molecule has 0 aromatic rings. The number of carbonyl (C=O) groups excluding carboxylic acids is 1. The zero-order valence-electron chi connectivity index (χ0n) is 5.01. The number of aliphatic hydroxyl groups is 1. The van der Waals surface area contributed by atoms with Gasteiger partial charge in [-0.25, -0.2) is 0 Å². The van der Waals surface area contributed by atoms with Gasteiger partial charge in [-0.15, -0.1) is 0 Å². The summed E-state index contributed by atoms with van der Waals surface area (Å²) in [7, 11) is 0. The van der Waals surface area contributed by atoms with Crippen molar-refractivity contribution in [1.29, 1.82) is 0 Å². The molecule has 2 nitrogen and oxygen atoms in total. The molecule has 3 heteroatoms. The number of hydrogen-bond acceptors (Lipinski definition) is 2. The summed E-state index contributed by atoms with van der Waals surface area (Å²) < 4.78 is 0. The lowest BCUT2D eigenvalue weighted by Gasteiger charge is -2.20. The van der Waals surface area contributed by atoms with Gasteiger partial charge in [-0.05, 0) is 12.8 Å². The third-order valence-corrected chi connectivity index (χ3v) is 2.53. The van der Waals surface area contributed by atoms with E-state index in [1.807, 2.05) is 0 Å². The van der Waals surface area contributed by atoms with Gasteiger partial charge in [0.25, 0.3) is 0 Å². The smallest absolute Gasteiger partial charge is 0.162 e. The van der Waals surface area contributed by atoms with Crippen LogP contribution in [-0.4, -0.2) is 21.8 Å². The molecule has 1 aliphatic carbocycles. The van der Waals surface area contributed by atoms with Crippen molar-refractivity contribution in [1.82, 2.24) is 0 Å². The molecule has 0 amide bonds. The fourth-order valence-corrected chi connectivity index (χ4v) is 1.60. The van der Waals surface area contributed by atoms with Gasteiger partial charge in [-0.3, -0.25) is 4.79 Å². The Labute approximate surface area is 62.4 Å². The molecule has 0 unspecified atom stereocenters. The summed E-state index contributed by atoms with van der Waals surface area (Å²) >= 11 is 3.22. The fraction of sp³-hybridized carbons (Fsp3) is 0.833. The van der Waals surface area contributed by atoms with Gasteiger partial charge in [-0.1, -0.05) is 15.9 Å². The van der Waals surface area contributed by atoms with Gasteiger partial charge in [0.2, 0.25) is 0 Å². The van der Waals surface area contributed by atoms with E-state index in [1.165, 1.54) is 0 Å². The molecular weight excluding hydrogens is 184 g/mol. The predicted octanol–water partition coefficient (Wildman–Crippen LogP) is 0.864. The summed E-state index contributed by atoms with van der Waals surface area (Å²) in [6.45, 7) is 0. The number of halogens is 1. The van der Waals surface area contributed by atoms with Crippen molar-refractivity contribution in [3.8, 4) is 0 Å². The van der Waals surface area contributed by atoms with E-state index in [4.69, 9.17) is 5.11 Å². The van der Waals surface area contributed by atoms with Crippen molar-refractivity contribution in [3.63, 3.8) is 0 Å². The molecule has 1 rings (SSSR count). The molecule has 0 aliphatic heterocycles. The lowest BCUT2D eigenvalue weighted by Crippen LogP contribution is -2.33. The molecule has 1 saturated carbocycles. The zero-order valence-corrected chi connectivity index (χ0v) is 6.60. The molecule has 0 saturated heterocycles. The van der Waals surface area contributed by atoms with Crippen LogP contribution in [-0.2, 0) is 4.79 Å². The first-order valence-corrected chi connectivity index (χ1v) is 3.98. The molecule has 1 fully saturated rings. The van der Waals surface area contributed by atoms with Gasteiger partial charge in [-0.2, -0.15) is 0 Å². The monoisotopic (exact) mass is 192 g/mol. The highest BCUT2D eigenvalue weighted by atomic mass is 79.9. The Morgan fingerprint density at radius 3 is 2.78 bits per heavy atom. The Kier molecular flexibility index (Phi) is 2.24. The molecule has 0 bridgehead atoms. The summed E-state index contributed by atoms with van der Waals surface area (Å²) in [6.07, 6.45) is 1.61. The van der Waals surface area contributed by atoms with Crippen LogP contribution in [0.1, 0.15) is 19.3 Å². The molecule has 0 aromatic carbocycles. The average Bonchev–Trinajstić information content (AvgIpc) is 1.83. The van der Waals surface area contributed by atoms with Crippen molar-refractivity contribution in [2.24, 2.45) is 0 Å². The summed E-state index contributed by atoms with van der Waals surface area (Å²) in [5, 5.41) is 9.05. The fourth-order valence-electron chi connectivity index (χ4n) is 0.979. The Morgan fingerprint density at radius 1 is 1.67 bits per heavy atom. The largest absolute Gasteiger partial charge is 0.384 e. The van der Waals surface area contributed by atoms with E-state index >= 15 is 0 Å². The third kappa shape index (κ3) is 1.52. The Morgan fingerprint density at radius 2 is 2.33 bits per heavy atom. The minimum atomic E-state index is -0.751. The standard InChI is InChI=1S/C6H9BrO2/c7-4-2-1-3-5(8)6(4)9/h4,6,9H,1-3H2/t4-,6+/m0/s1. The number of Topliss-reactive ketones (excluding diaryl/α,β-unsaturated/α-hetero) is 1. The zero-order chi connectivity index (χ0) is 6.85. The second kappa shape index (κ2) is 2.80. The van der Waals surface area contributed by atoms with E-state index in [2.05, 4.69) is 15.9 Å². The molecule has 0 spiro atoms. The summed E-state index contributed by atoms with van der Waals surface area (Å²) in [4.78, 5) is 10.7. The third-order valence-electron chi connectivity index (χ3n) is 1.58. The van der Waals surface area contributed by atoms with E-state index in [-0.39, 0.29) is 10.6 Å². The van der Waals surface area contributed by atoms with E-state index in [1.54, 1.807) is 0 Å². The molecule has 0 heterocycles. The van der Waals surface area contributed by atoms with Crippen molar-refractivity contribution in [2.45, 2.75) is 30.2 Å². The first-order valence-electron chi connectivity index (χ1n) is 3.06. The second-order valence-corrected chi connectivity index (χ2v) is 3.50. The summed E-state index contributed by atoms with van der Waals surface area (Å²) in [6, 6.07) is 0. The number of alkyl halides is 1. The van der Waals surface area contributed by atoms with Crippen LogP contribution in [0.3, 0.4) is 0 Å². The van der Waals surface area contributed by atoms with Gasteiger partial charge in [0, 0.05) is 11.2 Å². The summed E-state index contributed by atoms with van der Waals surface area (Å²) in [5.41, 5.74) is 0. The highest BCUT2D eigenvalue weighted by molar-refractivity contribution is 9.09. The maximum absolute atomic E-state index is 10.7. The quantitative estimate of drug-likeness (QED) is 0.579. The molecule has 1 N–H and O–H groups in total. The van der Waals surface area contributed by atoms with Gasteiger partial charge in [0.15, 0.2) is 5.78 Å². The Hall–Kier alpha value is 0.110. The SMILES string of the molecule is O=C1CCC[C@H](Br)[C@H]1O. The van der Waals surface area contributed by atoms with Crippen molar-refractivity contribution >= 4 is 21.7 Å². The first kappa shape index (κ1) is 7.22. The maximum atomic E-state index is 10.7. The molecule has 2 atom stereocenters. The van der Waals surface area contributed by atoms with Crippen LogP contribution >= 0.6 is 15.9 Å². The first-order chi connectivity index (χ1) is 4.22. The summed E-state index contributed by atoms with van der Waals surface area (Å²) in [5.74, 6) is -0.0249. The van der Waals surface area contributed by atoms with Crippen LogP contribution in [0.25, 0.3) is 0 Å². The van der Waals surface area contributed by atoms with Crippen LogP contribution in [0.15, 0.2) is 0 Å². The Balaban J connectivity index is 2.51. The van der Waals surface area contributed by atoms with Crippen molar-refractivity contribution < 1.29 is 9.90 Å². The normalized spacial score (nSPS) is 36.9. The number of aliphatic hydroxyl groups excluding tert-OH is 1. The second-order valence-electron chi connectivity index (χ2n) is 2.32. The number of carbonyl (C=O) groups is 1. The number of hydrogen-bond donors (Lipinski definition) is 1. The van der Waals surface area contributed by atoms with Crippen molar-refractivity contribution in [2.75, 3.05) is 0 Å². The molecule has 9 heavy (non-hydrogen) atoms. The van der Waals surface area contributed by atoms with Crippen LogP contribution in [0.4, 0.5) is 0 Å². The average molecular weight is 193 g/mol. The van der Waals surface area contributed by atoms with Crippen LogP contribution in [0, 0.1) is 0 Å². The highest BCUT2D eigenvalue weighted by Gasteiger charge is 2.27. The van der Waals surface area contributed by atoms with E-state index in [0.717, 1.165) is 12.8 Å². The minimum Gasteiger partial charge on any atom is -0.384 e. The molecule has 1 aliphatic rings. The van der Waals surface area contributed by atoms with Crippen LogP contribution < -0.4 is 0 Å². The molecule has 52 valence electrons. The number of rotatable bonds is 0. The van der Waals surface area contributed by atoms with Crippen LogP contribution in [0.2, 0.25) is 0 Å². The maximum Gasteiger partial charge on any atom is 0.162 e. The number of ketones is 1.